The molecule has 1 aliphatic rings. The summed E-state index contributed by atoms with van der Waals surface area (Å²) in [5, 5.41) is 9.36. The van der Waals surface area contributed by atoms with Crippen LogP contribution in [-0.4, -0.2) is 43.4 Å². The van der Waals surface area contributed by atoms with Crippen LogP contribution in [0.1, 0.15) is 32.6 Å². The molecule has 0 aliphatic heterocycles. The van der Waals surface area contributed by atoms with E-state index in [0.29, 0.717) is 6.42 Å². The largest absolute Gasteiger partial charge is 0.480 e. The molecule has 7 heteroatoms. The van der Waals surface area contributed by atoms with E-state index in [1.165, 1.54) is 14.1 Å². The first-order valence-electron chi connectivity index (χ1n) is 5.67. The van der Waals surface area contributed by atoms with Gasteiger partial charge in [0.2, 0.25) is 0 Å². The summed E-state index contributed by atoms with van der Waals surface area (Å²) in [4.78, 5) is 11.4. The van der Waals surface area contributed by atoms with Crippen molar-refractivity contribution in [3.8, 4) is 0 Å². The Morgan fingerprint density at radius 3 is 2.41 bits per heavy atom. The van der Waals surface area contributed by atoms with Crippen LogP contribution in [0.5, 0.6) is 0 Å². The number of carboxylic acids is 1. The number of hydrogen-bond acceptors (Lipinski definition) is 3. The average molecular weight is 264 g/mol. The van der Waals surface area contributed by atoms with Crippen molar-refractivity contribution in [2.45, 2.75) is 38.1 Å². The molecule has 0 radical (unpaired) electrons. The van der Waals surface area contributed by atoms with E-state index in [-0.39, 0.29) is 5.92 Å². The molecule has 100 valence electrons. The molecule has 2 unspecified atom stereocenters. The third kappa shape index (κ3) is 2.78. The fourth-order valence-electron chi connectivity index (χ4n) is 2.18. The Hall–Kier alpha value is -0.660. The Balaban J connectivity index is 3.05. The minimum atomic E-state index is -3.73. The van der Waals surface area contributed by atoms with Gasteiger partial charge in [0.25, 0.3) is 10.2 Å². The molecule has 0 spiro atoms. The Kier molecular flexibility index (Phi) is 4.16. The summed E-state index contributed by atoms with van der Waals surface area (Å²) in [5.41, 5.74) is -1.36. The summed E-state index contributed by atoms with van der Waals surface area (Å²) < 4.78 is 27.0. The maximum atomic E-state index is 11.8. The maximum absolute atomic E-state index is 11.8. The van der Waals surface area contributed by atoms with Gasteiger partial charge in [0.05, 0.1) is 0 Å². The van der Waals surface area contributed by atoms with E-state index in [2.05, 4.69) is 4.72 Å². The highest BCUT2D eigenvalue weighted by Crippen LogP contribution is 2.34. The zero-order valence-electron chi connectivity index (χ0n) is 10.4. The number of hydrogen-bond donors (Lipinski definition) is 2. The molecule has 0 amide bonds. The van der Waals surface area contributed by atoms with Gasteiger partial charge in [-0.05, 0) is 18.8 Å². The zero-order chi connectivity index (χ0) is 13.3. The Morgan fingerprint density at radius 2 is 2.00 bits per heavy atom. The van der Waals surface area contributed by atoms with Crippen LogP contribution in [0.2, 0.25) is 0 Å². The zero-order valence-corrected chi connectivity index (χ0v) is 11.2. The third-order valence-electron chi connectivity index (χ3n) is 3.47. The van der Waals surface area contributed by atoms with Crippen LogP contribution in [0.25, 0.3) is 0 Å². The summed E-state index contributed by atoms with van der Waals surface area (Å²) in [7, 11) is -0.971. The second-order valence-electron chi connectivity index (χ2n) is 4.81. The first-order chi connectivity index (χ1) is 7.72. The second-order valence-corrected chi connectivity index (χ2v) is 6.70. The van der Waals surface area contributed by atoms with Crippen LogP contribution in [0.4, 0.5) is 0 Å². The predicted molar refractivity (Wildman–Crippen MR) is 63.7 cm³/mol. The van der Waals surface area contributed by atoms with Crippen LogP contribution >= 0.6 is 0 Å². The van der Waals surface area contributed by atoms with Gasteiger partial charge in [0.1, 0.15) is 5.54 Å². The van der Waals surface area contributed by atoms with E-state index in [9.17, 15) is 18.3 Å². The number of carboxylic acid groups (broad SMARTS) is 1. The highest BCUT2D eigenvalue weighted by atomic mass is 32.2. The molecule has 6 nitrogen and oxygen atoms in total. The van der Waals surface area contributed by atoms with Crippen molar-refractivity contribution in [1.29, 1.82) is 0 Å². The Labute approximate surface area is 102 Å². The van der Waals surface area contributed by atoms with Crippen LogP contribution < -0.4 is 4.72 Å². The summed E-state index contributed by atoms with van der Waals surface area (Å²) in [6.45, 7) is 1.78. The van der Waals surface area contributed by atoms with Gasteiger partial charge >= 0.3 is 5.97 Å². The molecule has 0 aromatic heterocycles. The number of rotatable bonds is 4. The van der Waals surface area contributed by atoms with Gasteiger partial charge in [0, 0.05) is 14.1 Å². The molecule has 0 aromatic rings. The van der Waals surface area contributed by atoms with Crippen molar-refractivity contribution in [2.75, 3.05) is 14.1 Å². The smallest absolute Gasteiger partial charge is 0.325 e. The molecule has 1 rings (SSSR count). The molecular formula is C10H20N2O4S. The number of nitrogens with zero attached hydrogens (tertiary/aromatic N) is 1. The van der Waals surface area contributed by atoms with Crippen LogP contribution in [0.15, 0.2) is 0 Å². The van der Waals surface area contributed by atoms with Gasteiger partial charge in [-0.15, -0.1) is 0 Å². The average Bonchev–Trinajstić information content (AvgIpc) is 2.20. The van der Waals surface area contributed by atoms with Gasteiger partial charge in [-0.1, -0.05) is 19.8 Å². The highest BCUT2D eigenvalue weighted by molar-refractivity contribution is 7.87. The lowest BCUT2D eigenvalue weighted by Gasteiger charge is -2.39. The van der Waals surface area contributed by atoms with Crippen molar-refractivity contribution >= 4 is 16.2 Å². The van der Waals surface area contributed by atoms with Crippen molar-refractivity contribution in [1.82, 2.24) is 9.03 Å². The first-order valence-corrected chi connectivity index (χ1v) is 7.11. The molecule has 17 heavy (non-hydrogen) atoms. The first kappa shape index (κ1) is 14.4. The van der Waals surface area contributed by atoms with E-state index < -0.39 is 21.7 Å². The van der Waals surface area contributed by atoms with E-state index in [0.717, 1.165) is 23.6 Å². The van der Waals surface area contributed by atoms with Crippen LogP contribution in [-0.2, 0) is 15.0 Å². The second kappa shape index (κ2) is 4.91. The fourth-order valence-corrected chi connectivity index (χ4v) is 3.22. The minimum Gasteiger partial charge on any atom is -0.480 e. The molecule has 0 aromatic carbocycles. The molecule has 2 N–H and O–H groups in total. The standard InChI is InChI=1S/C10H20N2O4S/c1-8-6-4-5-7-10(8,9(13)14)11-17(15,16)12(2)3/h8,11H,4-7H2,1-3H3,(H,13,14). The monoisotopic (exact) mass is 264 g/mol. The topological polar surface area (TPSA) is 86.7 Å². The molecule has 0 saturated heterocycles. The van der Waals surface area contributed by atoms with Gasteiger partial charge in [-0.25, -0.2) is 0 Å². The Bertz CT molecular complexity index is 393. The minimum absolute atomic E-state index is 0.205. The predicted octanol–water partition coefficient (Wildman–Crippen LogP) is 0.416. The van der Waals surface area contributed by atoms with Gasteiger partial charge in [-0.2, -0.15) is 17.4 Å². The molecule has 1 fully saturated rings. The van der Waals surface area contributed by atoms with Crippen molar-refractivity contribution in [3.05, 3.63) is 0 Å². The maximum Gasteiger partial charge on any atom is 0.325 e. The van der Waals surface area contributed by atoms with Crippen LogP contribution in [0.3, 0.4) is 0 Å². The Morgan fingerprint density at radius 1 is 1.41 bits per heavy atom. The number of aliphatic carboxylic acids is 1. The lowest BCUT2D eigenvalue weighted by atomic mass is 9.74. The molecule has 1 aliphatic carbocycles. The van der Waals surface area contributed by atoms with E-state index in [1.807, 2.05) is 0 Å². The van der Waals surface area contributed by atoms with E-state index >= 15 is 0 Å². The van der Waals surface area contributed by atoms with Gasteiger partial charge in [0.15, 0.2) is 0 Å². The summed E-state index contributed by atoms with van der Waals surface area (Å²) >= 11 is 0. The lowest BCUT2D eigenvalue weighted by Crippen LogP contribution is -2.61. The number of nitrogens with one attached hydrogen (secondary N) is 1. The summed E-state index contributed by atoms with van der Waals surface area (Å²) in [6, 6.07) is 0. The lowest BCUT2D eigenvalue weighted by molar-refractivity contribution is -0.147. The van der Waals surface area contributed by atoms with E-state index in [4.69, 9.17) is 0 Å². The molecule has 1 saturated carbocycles. The molecular weight excluding hydrogens is 244 g/mol. The summed E-state index contributed by atoms with van der Waals surface area (Å²) in [6.07, 6.45) is 2.74. The molecule has 0 bridgehead atoms. The number of carbonyl (C=O) groups is 1. The van der Waals surface area contributed by atoms with Crippen molar-refractivity contribution in [3.63, 3.8) is 0 Å². The quantitative estimate of drug-likeness (QED) is 0.770. The highest BCUT2D eigenvalue weighted by Gasteiger charge is 2.48. The fraction of sp³-hybridized carbons (Fsp3) is 0.900. The molecule has 2 atom stereocenters. The normalized spacial score (nSPS) is 30.5. The molecule has 0 heterocycles. The van der Waals surface area contributed by atoms with Crippen molar-refractivity contribution < 1.29 is 18.3 Å². The SMILES string of the molecule is CC1CCCCC1(NS(=O)(=O)N(C)C)C(=O)O. The van der Waals surface area contributed by atoms with Crippen LogP contribution in [0, 0.1) is 5.92 Å². The van der Waals surface area contributed by atoms with E-state index in [1.54, 1.807) is 6.92 Å². The van der Waals surface area contributed by atoms with Crippen molar-refractivity contribution in [2.24, 2.45) is 5.92 Å². The summed E-state index contributed by atoms with van der Waals surface area (Å²) in [5.74, 6) is -1.29. The van der Waals surface area contributed by atoms with Gasteiger partial charge in [-0.3, -0.25) is 4.79 Å². The van der Waals surface area contributed by atoms with Gasteiger partial charge < -0.3 is 5.11 Å². The third-order valence-corrected chi connectivity index (χ3v) is 5.06.